The molecule has 5 nitrogen and oxygen atoms in total. The van der Waals surface area contributed by atoms with Crippen molar-refractivity contribution in [3.63, 3.8) is 0 Å². The zero-order valence-corrected chi connectivity index (χ0v) is 11.7. The number of pyridine rings is 1. The Morgan fingerprint density at radius 1 is 1.21 bits per heavy atom. The molecule has 5 heteroatoms. The SMILES string of the molecule is CC(CN)N1CCN(CCn2ccccc2=O)CC1. The van der Waals surface area contributed by atoms with Crippen LogP contribution in [0.2, 0.25) is 0 Å². The molecule has 2 heterocycles. The average molecular weight is 264 g/mol. The molecule has 2 N–H and O–H groups in total. The molecule has 0 aliphatic carbocycles. The minimum atomic E-state index is 0.0814. The molecule has 0 spiro atoms. The number of hydrogen-bond donors (Lipinski definition) is 1. The molecule has 1 aromatic heterocycles. The molecule has 1 unspecified atom stereocenters. The van der Waals surface area contributed by atoms with Crippen LogP contribution < -0.4 is 11.3 Å². The quantitative estimate of drug-likeness (QED) is 0.801. The van der Waals surface area contributed by atoms with Gasteiger partial charge in [0, 0.05) is 64.1 Å². The molecule has 106 valence electrons. The first kappa shape index (κ1) is 14.2. The van der Waals surface area contributed by atoms with Gasteiger partial charge < -0.3 is 10.3 Å². The summed E-state index contributed by atoms with van der Waals surface area (Å²) < 4.78 is 1.77. The Hall–Kier alpha value is -1.17. The van der Waals surface area contributed by atoms with Crippen LogP contribution in [-0.4, -0.2) is 59.7 Å². The van der Waals surface area contributed by atoms with Crippen LogP contribution in [0.5, 0.6) is 0 Å². The van der Waals surface area contributed by atoms with Crippen molar-refractivity contribution in [2.75, 3.05) is 39.3 Å². The molecule has 0 amide bonds. The van der Waals surface area contributed by atoms with Gasteiger partial charge >= 0.3 is 0 Å². The van der Waals surface area contributed by atoms with Crippen LogP contribution in [0.4, 0.5) is 0 Å². The third kappa shape index (κ3) is 3.89. The van der Waals surface area contributed by atoms with Crippen molar-refractivity contribution in [3.8, 4) is 0 Å². The highest BCUT2D eigenvalue weighted by Crippen LogP contribution is 2.05. The minimum Gasteiger partial charge on any atom is -0.329 e. The molecular formula is C14H24N4O. The van der Waals surface area contributed by atoms with Gasteiger partial charge in [-0.2, -0.15) is 0 Å². The Morgan fingerprint density at radius 3 is 2.58 bits per heavy atom. The Bertz CT molecular complexity index is 437. The van der Waals surface area contributed by atoms with Gasteiger partial charge in [0.1, 0.15) is 0 Å². The van der Waals surface area contributed by atoms with E-state index in [1.807, 2.05) is 12.3 Å². The van der Waals surface area contributed by atoms with Crippen molar-refractivity contribution < 1.29 is 0 Å². The Morgan fingerprint density at radius 2 is 1.95 bits per heavy atom. The smallest absolute Gasteiger partial charge is 0.250 e. The summed E-state index contributed by atoms with van der Waals surface area (Å²) in [5.41, 5.74) is 5.78. The summed E-state index contributed by atoms with van der Waals surface area (Å²) in [6.45, 7) is 8.88. The van der Waals surface area contributed by atoms with Crippen molar-refractivity contribution >= 4 is 0 Å². The van der Waals surface area contributed by atoms with Crippen LogP contribution in [0.25, 0.3) is 0 Å². The highest BCUT2D eigenvalue weighted by Gasteiger charge is 2.19. The monoisotopic (exact) mass is 264 g/mol. The van der Waals surface area contributed by atoms with Gasteiger partial charge in [-0.1, -0.05) is 6.07 Å². The van der Waals surface area contributed by atoms with Gasteiger partial charge in [-0.3, -0.25) is 14.6 Å². The predicted molar refractivity (Wildman–Crippen MR) is 77.2 cm³/mol. The lowest BCUT2D eigenvalue weighted by Crippen LogP contribution is -2.51. The molecular weight excluding hydrogens is 240 g/mol. The van der Waals surface area contributed by atoms with E-state index < -0.39 is 0 Å². The number of rotatable bonds is 5. The minimum absolute atomic E-state index is 0.0814. The summed E-state index contributed by atoms with van der Waals surface area (Å²) in [5.74, 6) is 0. The standard InChI is InChI=1S/C14H24N4O/c1-13(12-15)17-9-6-16(7-10-17)8-11-18-5-3-2-4-14(18)19/h2-5,13H,6-12,15H2,1H3. The van der Waals surface area contributed by atoms with E-state index in [2.05, 4.69) is 16.7 Å². The van der Waals surface area contributed by atoms with Gasteiger partial charge in [-0.25, -0.2) is 0 Å². The van der Waals surface area contributed by atoms with E-state index in [1.165, 1.54) is 0 Å². The Balaban J connectivity index is 1.77. The number of piperazine rings is 1. The van der Waals surface area contributed by atoms with Crippen LogP contribution in [0, 0.1) is 0 Å². The second-order valence-corrected chi connectivity index (χ2v) is 5.19. The van der Waals surface area contributed by atoms with Crippen LogP contribution in [0.15, 0.2) is 29.2 Å². The Labute approximate surface area is 114 Å². The van der Waals surface area contributed by atoms with Crippen molar-refractivity contribution in [2.24, 2.45) is 5.73 Å². The molecule has 0 bridgehead atoms. The number of nitrogens with two attached hydrogens (primary N) is 1. The molecule has 2 rings (SSSR count). The molecule has 0 aromatic carbocycles. The van der Waals surface area contributed by atoms with Gasteiger partial charge in [0.05, 0.1) is 0 Å². The first-order valence-corrected chi connectivity index (χ1v) is 7.02. The highest BCUT2D eigenvalue weighted by molar-refractivity contribution is 4.93. The fraction of sp³-hybridized carbons (Fsp3) is 0.643. The van der Waals surface area contributed by atoms with E-state index in [0.717, 1.165) is 45.8 Å². The molecule has 0 radical (unpaired) electrons. The summed E-state index contributed by atoms with van der Waals surface area (Å²) in [5, 5.41) is 0. The molecule has 1 aliphatic heterocycles. The van der Waals surface area contributed by atoms with Crippen LogP contribution in [0.3, 0.4) is 0 Å². The maximum absolute atomic E-state index is 11.6. The molecule has 1 saturated heterocycles. The normalized spacial score (nSPS) is 19.5. The van der Waals surface area contributed by atoms with Crippen LogP contribution >= 0.6 is 0 Å². The third-order valence-corrected chi connectivity index (χ3v) is 3.93. The topological polar surface area (TPSA) is 54.5 Å². The van der Waals surface area contributed by atoms with Gasteiger partial charge in [0.2, 0.25) is 0 Å². The summed E-state index contributed by atoms with van der Waals surface area (Å²) in [7, 11) is 0. The van der Waals surface area contributed by atoms with Gasteiger partial charge in [0.15, 0.2) is 0 Å². The van der Waals surface area contributed by atoms with Gasteiger partial charge in [-0.15, -0.1) is 0 Å². The van der Waals surface area contributed by atoms with E-state index in [-0.39, 0.29) is 5.56 Å². The number of nitrogens with zero attached hydrogens (tertiary/aromatic N) is 3. The zero-order chi connectivity index (χ0) is 13.7. The van der Waals surface area contributed by atoms with Crippen molar-refractivity contribution in [1.82, 2.24) is 14.4 Å². The molecule has 1 aromatic rings. The maximum Gasteiger partial charge on any atom is 0.250 e. The van der Waals surface area contributed by atoms with E-state index in [0.29, 0.717) is 6.04 Å². The van der Waals surface area contributed by atoms with E-state index >= 15 is 0 Å². The zero-order valence-electron chi connectivity index (χ0n) is 11.7. The summed E-state index contributed by atoms with van der Waals surface area (Å²) in [6.07, 6.45) is 1.86. The third-order valence-electron chi connectivity index (χ3n) is 3.93. The maximum atomic E-state index is 11.6. The summed E-state index contributed by atoms with van der Waals surface area (Å²) in [4.78, 5) is 16.4. The lowest BCUT2D eigenvalue weighted by Gasteiger charge is -2.37. The highest BCUT2D eigenvalue weighted by atomic mass is 16.1. The van der Waals surface area contributed by atoms with E-state index in [9.17, 15) is 4.79 Å². The first-order chi connectivity index (χ1) is 9.20. The van der Waals surface area contributed by atoms with Gasteiger partial charge in [0.25, 0.3) is 5.56 Å². The summed E-state index contributed by atoms with van der Waals surface area (Å²) in [6, 6.07) is 5.77. The van der Waals surface area contributed by atoms with Crippen molar-refractivity contribution in [1.29, 1.82) is 0 Å². The largest absolute Gasteiger partial charge is 0.329 e. The van der Waals surface area contributed by atoms with Crippen LogP contribution in [-0.2, 0) is 6.54 Å². The molecule has 1 fully saturated rings. The summed E-state index contributed by atoms with van der Waals surface area (Å²) >= 11 is 0. The average Bonchev–Trinajstić information content (AvgIpc) is 2.46. The molecule has 1 aliphatic rings. The lowest BCUT2D eigenvalue weighted by molar-refractivity contribution is 0.102. The van der Waals surface area contributed by atoms with E-state index in [4.69, 9.17) is 5.73 Å². The van der Waals surface area contributed by atoms with Crippen molar-refractivity contribution in [2.45, 2.75) is 19.5 Å². The fourth-order valence-corrected chi connectivity index (χ4v) is 2.47. The fourth-order valence-electron chi connectivity index (χ4n) is 2.47. The predicted octanol–water partition coefficient (Wildman–Crippen LogP) is -0.187. The molecule has 1 atom stereocenters. The second kappa shape index (κ2) is 6.84. The molecule has 19 heavy (non-hydrogen) atoms. The molecule has 0 saturated carbocycles. The van der Waals surface area contributed by atoms with Crippen molar-refractivity contribution in [3.05, 3.63) is 34.7 Å². The lowest BCUT2D eigenvalue weighted by atomic mass is 10.2. The number of aromatic nitrogens is 1. The first-order valence-electron chi connectivity index (χ1n) is 7.02. The van der Waals surface area contributed by atoms with E-state index in [1.54, 1.807) is 16.7 Å². The second-order valence-electron chi connectivity index (χ2n) is 5.19. The number of hydrogen-bond acceptors (Lipinski definition) is 4. The Kier molecular flexibility index (Phi) is 5.13. The van der Waals surface area contributed by atoms with Crippen LogP contribution in [0.1, 0.15) is 6.92 Å². The van der Waals surface area contributed by atoms with Gasteiger partial charge in [-0.05, 0) is 13.0 Å².